The zero-order valence-electron chi connectivity index (χ0n) is 30.2. The van der Waals surface area contributed by atoms with Crippen LogP contribution in [-0.2, 0) is 32.8 Å². The van der Waals surface area contributed by atoms with E-state index in [-0.39, 0.29) is 42.3 Å². The van der Waals surface area contributed by atoms with E-state index in [4.69, 9.17) is 16.7 Å². The van der Waals surface area contributed by atoms with Gasteiger partial charge in [0, 0.05) is 44.6 Å². The number of phenols is 1. The molecule has 6 unspecified atom stereocenters. The number of halogens is 1. The van der Waals surface area contributed by atoms with E-state index in [9.17, 15) is 19.5 Å². The number of thiophene rings is 2. The molecular weight excluding hydrogens is 752 g/mol. The lowest BCUT2D eigenvalue weighted by Crippen LogP contribution is -2.48. The molecule has 3 aromatic heterocycles. The minimum atomic E-state index is -1.32. The normalized spacial score (nSPS) is 26.3. The number of aromatic hydroxyl groups is 1. The standard InChI is InChI=1S/C43H35ClN4O5S2/c1-21-29-17-23(44)11-15-33(29)55-38(21)32-19-34(46(3)45-32)48-40(51)31-18-30-26(13-14-27-35(30)41(52)47(39(27)50)20-24-8-6-16-54-24)36(43(31,2)42(48)53)28-12-10-22-7-4-5-9-25(22)37(28)49/h4-13,15-17,19,27,30-31,35-36,49H,14,18,20H2,1-3H3. The molecule has 2 saturated heterocycles. The summed E-state index contributed by atoms with van der Waals surface area (Å²) in [6.45, 7) is 4.06. The molecule has 0 bridgehead atoms. The van der Waals surface area contributed by atoms with E-state index in [0.29, 0.717) is 33.9 Å². The van der Waals surface area contributed by atoms with Gasteiger partial charge in [0.2, 0.25) is 23.6 Å². The fourth-order valence-corrected chi connectivity index (χ4v) is 12.1. The van der Waals surface area contributed by atoms with Gasteiger partial charge in [0.1, 0.15) is 17.3 Å². The average Bonchev–Trinajstić information content (AvgIpc) is 3.98. The van der Waals surface area contributed by atoms with Gasteiger partial charge in [-0.05, 0) is 78.6 Å². The first-order valence-corrected chi connectivity index (χ1v) is 20.4. The van der Waals surface area contributed by atoms with E-state index in [1.54, 1.807) is 29.1 Å². The van der Waals surface area contributed by atoms with Crippen LogP contribution in [0.2, 0.25) is 5.02 Å². The molecule has 4 aliphatic rings. The topological polar surface area (TPSA) is 113 Å². The van der Waals surface area contributed by atoms with Crippen LogP contribution in [0.5, 0.6) is 5.75 Å². The van der Waals surface area contributed by atoms with Gasteiger partial charge >= 0.3 is 0 Å². The predicted molar refractivity (Wildman–Crippen MR) is 214 cm³/mol. The average molecular weight is 787 g/mol. The number of imide groups is 2. The lowest BCUT2D eigenvalue weighted by molar-refractivity contribution is -0.141. The number of aromatic nitrogens is 2. The molecule has 6 atom stereocenters. The highest BCUT2D eigenvalue weighted by Gasteiger charge is 2.68. The molecule has 55 heavy (non-hydrogen) atoms. The van der Waals surface area contributed by atoms with Gasteiger partial charge < -0.3 is 5.11 Å². The lowest BCUT2D eigenvalue weighted by Gasteiger charge is -2.49. The van der Waals surface area contributed by atoms with Crippen LogP contribution < -0.4 is 4.90 Å². The van der Waals surface area contributed by atoms with E-state index in [1.165, 1.54) is 21.1 Å². The fraction of sp³-hybridized carbons (Fsp3) is 0.279. The van der Waals surface area contributed by atoms with E-state index >= 15 is 4.79 Å². The Hall–Kier alpha value is -5.10. The Balaban J connectivity index is 1.10. The van der Waals surface area contributed by atoms with E-state index in [2.05, 4.69) is 0 Å². The van der Waals surface area contributed by atoms with Gasteiger partial charge in [-0.2, -0.15) is 5.10 Å². The number of fused-ring (bicyclic) bond motifs is 6. The van der Waals surface area contributed by atoms with Crippen LogP contribution >= 0.6 is 34.3 Å². The molecule has 2 aliphatic carbocycles. The molecule has 2 aliphatic heterocycles. The van der Waals surface area contributed by atoms with Crippen molar-refractivity contribution in [1.29, 1.82) is 0 Å². The number of carbonyl (C=O) groups is 4. The minimum Gasteiger partial charge on any atom is -0.507 e. The summed E-state index contributed by atoms with van der Waals surface area (Å²) in [6.07, 6.45) is 2.58. The van der Waals surface area contributed by atoms with Crippen LogP contribution in [0.15, 0.2) is 89.8 Å². The number of carbonyl (C=O) groups excluding carboxylic acids is 4. The van der Waals surface area contributed by atoms with Crippen molar-refractivity contribution >= 4 is 84.6 Å². The molecule has 276 valence electrons. The number of nitrogens with zero attached hydrogens (tertiary/aromatic N) is 4. The highest BCUT2D eigenvalue weighted by Crippen LogP contribution is 2.65. The highest BCUT2D eigenvalue weighted by atomic mass is 35.5. The second-order valence-corrected chi connectivity index (χ2v) is 18.0. The van der Waals surface area contributed by atoms with Crippen molar-refractivity contribution in [1.82, 2.24) is 14.7 Å². The number of aryl methyl sites for hydroxylation is 2. The van der Waals surface area contributed by atoms with Gasteiger partial charge in [-0.15, -0.1) is 22.7 Å². The molecule has 6 aromatic rings. The molecule has 1 saturated carbocycles. The minimum absolute atomic E-state index is 0.0433. The molecule has 4 amide bonds. The summed E-state index contributed by atoms with van der Waals surface area (Å²) in [5, 5.41) is 21.9. The van der Waals surface area contributed by atoms with Crippen molar-refractivity contribution in [2.45, 2.75) is 39.2 Å². The molecular formula is C43H35ClN4O5S2. The maximum Gasteiger partial charge on any atom is 0.242 e. The molecule has 3 fully saturated rings. The van der Waals surface area contributed by atoms with Crippen molar-refractivity contribution in [3.8, 4) is 16.3 Å². The molecule has 10 rings (SSSR count). The van der Waals surface area contributed by atoms with E-state index < -0.39 is 35.0 Å². The zero-order valence-corrected chi connectivity index (χ0v) is 32.5. The highest BCUT2D eigenvalue weighted by molar-refractivity contribution is 7.22. The molecule has 0 spiro atoms. The summed E-state index contributed by atoms with van der Waals surface area (Å²) >= 11 is 9.40. The van der Waals surface area contributed by atoms with Crippen molar-refractivity contribution < 1.29 is 24.3 Å². The summed E-state index contributed by atoms with van der Waals surface area (Å²) in [5.41, 5.74) is 1.69. The van der Waals surface area contributed by atoms with Crippen LogP contribution in [0.1, 0.15) is 41.7 Å². The summed E-state index contributed by atoms with van der Waals surface area (Å²) in [7, 11) is 1.73. The number of phenolic OH excluding ortho intramolecular Hbond substituents is 1. The molecule has 5 heterocycles. The zero-order chi connectivity index (χ0) is 38.1. The van der Waals surface area contributed by atoms with Crippen LogP contribution in [0.25, 0.3) is 31.4 Å². The Morgan fingerprint density at radius 2 is 1.76 bits per heavy atom. The molecule has 1 N–H and O–H groups in total. The van der Waals surface area contributed by atoms with Crippen LogP contribution in [0.3, 0.4) is 0 Å². The number of hydrogen-bond acceptors (Lipinski definition) is 8. The molecule has 3 aromatic carbocycles. The van der Waals surface area contributed by atoms with Crippen molar-refractivity contribution in [2.24, 2.45) is 36.1 Å². The van der Waals surface area contributed by atoms with Gasteiger partial charge in [-0.1, -0.05) is 65.7 Å². The molecule has 9 nitrogen and oxygen atoms in total. The Morgan fingerprint density at radius 1 is 0.945 bits per heavy atom. The van der Waals surface area contributed by atoms with Crippen LogP contribution in [0, 0.1) is 36.0 Å². The Kier molecular flexibility index (Phi) is 7.63. The summed E-state index contributed by atoms with van der Waals surface area (Å²) in [6, 6.07) is 22.7. The Morgan fingerprint density at radius 3 is 2.56 bits per heavy atom. The molecule has 0 radical (unpaired) electrons. The number of allylic oxidation sites excluding steroid dienone is 2. The number of anilines is 1. The Labute approximate surface area is 329 Å². The number of rotatable bonds is 5. The van der Waals surface area contributed by atoms with Gasteiger partial charge in [0.05, 0.1) is 34.6 Å². The maximum atomic E-state index is 15.2. The van der Waals surface area contributed by atoms with Crippen LogP contribution in [-0.4, -0.2) is 43.4 Å². The summed E-state index contributed by atoms with van der Waals surface area (Å²) < 4.78 is 2.63. The number of amides is 4. The smallest absolute Gasteiger partial charge is 0.242 e. The van der Waals surface area contributed by atoms with Gasteiger partial charge in [0.25, 0.3) is 0 Å². The van der Waals surface area contributed by atoms with E-state index in [0.717, 1.165) is 36.4 Å². The second kappa shape index (κ2) is 12.2. The summed E-state index contributed by atoms with van der Waals surface area (Å²) in [4.78, 5) is 63.0. The Bertz CT molecular complexity index is 2700. The van der Waals surface area contributed by atoms with Gasteiger partial charge in [-0.3, -0.25) is 28.8 Å². The lowest BCUT2D eigenvalue weighted by atomic mass is 9.51. The van der Waals surface area contributed by atoms with Gasteiger partial charge in [0.15, 0.2) is 0 Å². The number of likely N-dealkylation sites (tertiary alicyclic amines) is 1. The first-order chi connectivity index (χ1) is 26.5. The third-order valence-corrected chi connectivity index (χ3v) is 15.1. The van der Waals surface area contributed by atoms with Crippen molar-refractivity contribution in [3.05, 3.63) is 111 Å². The quantitative estimate of drug-likeness (QED) is 0.138. The number of benzene rings is 3. The van der Waals surface area contributed by atoms with Gasteiger partial charge in [-0.25, -0.2) is 4.90 Å². The summed E-state index contributed by atoms with van der Waals surface area (Å²) in [5.74, 6) is -4.09. The first-order valence-electron chi connectivity index (χ1n) is 18.4. The van der Waals surface area contributed by atoms with Crippen LogP contribution in [0.4, 0.5) is 5.82 Å². The predicted octanol–water partition coefficient (Wildman–Crippen LogP) is 8.61. The monoisotopic (exact) mass is 786 g/mol. The largest absolute Gasteiger partial charge is 0.507 e. The fourth-order valence-electron chi connectivity index (χ4n) is 10.1. The number of hydrogen-bond donors (Lipinski definition) is 1. The second-order valence-electron chi connectivity index (χ2n) is 15.4. The van der Waals surface area contributed by atoms with E-state index in [1.807, 2.05) is 92.0 Å². The van der Waals surface area contributed by atoms with Crippen molar-refractivity contribution in [2.75, 3.05) is 4.90 Å². The first kappa shape index (κ1) is 34.4. The third kappa shape index (κ3) is 4.79. The van der Waals surface area contributed by atoms with Crippen molar-refractivity contribution in [3.63, 3.8) is 0 Å². The SMILES string of the molecule is Cc1c(-c2cc(N3C(=O)C4CC5C(=CCC6C(=O)N(Cc7cccs7)C(=O)C65)C(c5ccc6ccccc6c5O)C4(C)C3=O)n(C)n2)sc2ccc(Cl)cc12. The maximum absolute atomic E-state index is 15.2. The molecule has 12 heteroatoms. The third-order valence-electron chi connectivity index (χ3n) is 12.7.